The molecule has 2 atom stereocenters. The van der Waals surface area contributed by atoms with Gasteiger partial charge in [0.25, 0.3) is 11.5 Å². The average Bonchev–Trinajstić information content (AvgIpc) is 2.79. The molecular weight excluding hydrogens is 404 g/mol. The molecule has 1 aliphatic heterocycles. The molecule has 4 heterocycles. The number of piperazine rings is 1. The number of H-pyrrole nitrogens is 1. The van der Waals surface area contributed by atoms with Crippen LogP contribution in [0.3, 0.4) is 0 Å². The number of hydrogen-bond acceptors (Lipinski definition) is 6. The lowest BCUT2D eigenvalue weighted by Crippen LogP contribution is -2.56. The molecule has 0 unspecified atom stereocenters. The van der Waals surface area contributed by atoms with E-state index in [4.69, 9.17) is 4.11 Å². The van der Waals surface area contributed by atoms with Crippen molar-refractivity contribution in [1.29, 1.82) is 0 Å². The summed E-state index contributed by atoms with van der Waals surface area (Å²) < 4.78 is 21.5. The van der Waals surface area contributed by atoms with E-state index in [1.807, 2.05) is 30.6 Å². The van der Waals surface area contributed by atoms with Crippen molar-refractivity contribution < 1.29 is 8.91 Å². The van der Waals surface area contributed by atoms with Gasteiger partial charge in [0.2, 0.25) is 0 Å². The average molecular weight is 438 g/mol. The second-order valence-electron chi connectivity index (χ2n) is 8.39. The second-order valence-corrected chi connectivity index (χ2v) is 8.39. The van der Waals surface area contributed by atoms with Crippen LogP contribution in [0.15, 0.2) is 41.5 Å². The first-order valence-corrected chi connectivity index (χ1v) is 10.8. The summed E-state index contributed by atoms with van der Waals surface area (Å²) in [6, 6.07) is 7.63. The van der Waals surface area contributed by atoms with Crippen molar-refractivity contribution in [2.75, 3.05) is 25.0 Å². The molecule has 0 bridgehead atoms. The minimum atomic E-state index is -2.55. The van der Waals surface area contributed by atoms with Crippen LogP contribution in [0.2, 0.25) is 0 Å². The monoisotopic (exact) mass is 437 g/mol. The van der Waals surface area contributed by atoms with E-state index < -0.39 is 12.9 Å². The van der Waals surface area contributed by atoms with Crippen LogP contribution in [-0.4, -0.2) is 57.9 Å². The van der Waals surface area contributed by atoms with E-state index in [0.717, 1.165) is 40.9 Å². The lowest BCUT2D eigenvalue weighted by atomic mass is 10.1. The number of carbonyl (C=O) groups excluding carboxylic acids is 1. The Morgan fingerprint density at radius 1 is 1.22 bits per heavy atom. The Balaban J connectivity index is 1.44. The van der Waals surface area contributed by atoms with Crippen molar-refractivity contribution in [2.24, 2.45) is 0 Å². The molecule has 0 radical (unpaired) electrons. The first kappa shape index (κ1) is 18.3. The van der Waals surface area contributed by atoms with E-state index in [9.17, 15) is 9.59 Å². The van der Waals surface area contributed by atoms with Crippen molar-refractivity contribution in [2.45, 2.75) is 45.8 Å². The van der Waals surface area contributed by atoms with Gasteiger partial charge in [0.1, 0.15) is 5.69 Å². The van der Waals surface area contributed by atoms with Gasteiger partial charge >= 0.3 is 0 Å². The third-order valence-electron chi connectivity index (χ3n) is 6.13. The zero-order valence-corrected chi connectivity index (χ0v) is 18.6. The number of nitrogens with one attached hydrogen (secondary N) is 2. The molecule has 8 heteroatoms. The van der Waals surface area contributed by atoms with Gasteiger partial charge in [-0.05, 0) is 50.1 Å². The Bertz CT molecular complexity index is 1270. The van der Waals surface area contributed by atoms with Gasteiger partial charge in [0.15, 0.2) is 0 Å². The van der Waals surface area contributed by atoms with Gasteiger partial charge in [-0.3, -0.25) is 19.5 Å². The summed E-state index contributed by atoms with van der Waals surface area (Å²) in [6.45, 7) is 5.99. The number of rotatable bonds is 5. The number of pyridine rings is 3. The zero-order chi connectivity index (χ0) is 25.3. The Morgan fingerprint density at radius 3 is 2.78 bits per heavy atom. The van der Waals surface area contributed by atoms with Gasteiger partial charge < -0.3 is 15.2 Å². The molecule has 0 spiro atoms. The molecule has 168 valence electrons. The van der Waals surface area contributed by atoms with Crippen LogP contribution >= 0.6 is 0 Å². The first-order chi connectivity index (χ1) is 16.5. The molecule has 3 aromatic heterocycles. The van der Waals surface area contributed by atoms with Crippen LogP contribution in [0.25, 0.3) is 11.0 Å². The number of amides is 1. The molecule has 0 saturated carbocycles. The Kier molecular flexibility index (Phi) is 5.20. The van der Waals surface area contributed by atoms with Crippen LogP contribution in [0.5, 0.6) is 0 Å². The summed E-state index contributed by atoms with van der Waals surface area (Å²) in [6.07, 6.45) is 4.15. The van der Waals surface area contributed by atoms with E-state index in [-0.39, 0.29) is 23.3 Å². The first-order valence-electron chi connectivity index (χ1n) is 12.3. The summed E-state index contributed by atoms with van der Waals surface area (Å²) in [5.41, 5.74) is 4.19. The quantitative estimate of drug-likeness (QED) is 0.636. The van der Waals surface area contributed by atoms with Gasteiger partial charge in [-0.25, -0.2) is 4.98 Å². The van der Waals surface area contributed by atoms with Gasteiger partial charge in [-0.2, -0.15) is 0 Å². The SMILES string of the molecule is [2H]C([2H])([2H])NC(=O)c1ccc(N2C[C@@H](C)N(Cc3cnc4cc(CC)c(=O)[nH]c4c3)C[C@@H]2C)cn1. The van der Waals surface area contributed by atoms with E-state index in [2.05, 4.69) is 38.6 Å². The van der Waals surface area contributed by atoms with E-state index in [1.54, 1.807) is 18.3 Å². The molecule has 8 nitrogen and oxygen atoms in total. The fourth-order valence-corrected chi connectivity index (χ4v) is 4.28. The summed E-state index contributed by atoms with van der Waals surface area (Å²) in [7, 11) is 0. The van der Waals surface area contributed by atoms with Crippen molar-refractivity contribution >= 4 is 22.6 Å². The normalized spacial score (nSPS) is 21.1. The molecule has 1 fully saturated rings. The number of anilines is 1. The number of hydrogen-bond donors (Lipinski definition) is 2. The van der Waals surface area contributed by atoms with E-state index >= 15 is 0 Å². The highest BCUT2D eigenvalue weighted by molar-refractivity contribution is 5.92. The lowest BCUT2D eigenvalue weighted by molar-refractivity contribution is 0.0958. The molecule has 1 amide bonds. The number of aryl methyl sites for hydroxylation is 1. The van der Waals surface area contributed by atoms with Crippen LogP contribution in [0, 0.1) is 0 Å². The number of aromatic amines is 1. The lowest BCUT2D eigenvalue weighted by Gasteiger charge is -2.45. The highest BCUT2D eigenvalue weighted by Gasteiger charge is 2.29. The van der Waals surface area contributed by atoms with Gasteiger partial charge in [0, 0.05) is 54.6 Å². The van der Waals surface area contributed by atoms with Gasteiger partial charge in [-0.15, -0.1) is 0 Å². The van der Waals surface area contributed by atoms with E-state index in [1.165, 1.54) is 0 Å². The number of carbonyl (C=O) groups is 1. The van der Waals surface area contributed by atoms with Crippen molar-refractivity contribution in [1.82, 2.24) is 25.2 Å². The Labute approximate surface area is 191 Å². The maximum atomic E-state index is 12.2. The molecule has 0 aliphatic carbocycles. The topological polar surface area (TPSA) is 94.2 Å². The van der Waals surface area contributed by atoms with Gasteiger partial charge in [-0.1, -0.05) is 6.92 Å². The van der Waals surface area contributed by atoms with Crippen LogP contribution in [-0.2, 0) is 13.0 Å². The zero-order valence-electron chi connectivity index (χ0n) is 21.6. The third-order valence-corrected chi connectivity index (χ3v) is 6.13. The molecule has 1 saturated heterocycles. The van der Waals surface area contributed by atoms with E-state index in [0.29, 0.717) is 13.0 Å². The van der Waals surface area contributed by atoms with Crippen LogP contribution in [0.4, 0.5) is 5.69 Å². The van der Waals surface area contributed by atoms with Crippen LogP contribution in [0.1, 0.15) is 46.5 Å². The van der Waals surface area contributed by atoms with Crippen molar-refractivity contribution in [3.63, 3.8) is 0 Å². The summed E-state index contributed by atoms with van der Waals surface area (Å²) in [5, 5.41) is 1.95. The molecular formula is C24H30N6O2. The van der Waals surface area contributed by atoms with Crippen molar-refractivity contribution in [3.8, 4) is 0 Å². The van der Waals surface area contributed by atoms with Crippen molar-refractivity contribution in [3.05, 3.63) is 63.8 Å². The minimum Gasteiger partial charge on any atom is -0.365 e. The molecule has 2 N–H and O–H groups in total. The maximum Gasteiger partial charge on any atom is 0.269 e. The summed E-state index contributed by atoms with van der Waals surface area (Å²) in [4.78, 5) is 40.5. The summed E-state index contributed by atoms with van der Waals surface area (Å²) >= 11 is 0. The highest BCUT2D eigenvalue weighted by atomic mass is 16.1. The fourth-order valence-electron chi connectivity index (χ4n) is 4.28. The third kappa shape index (κ3) is 4.36. The summed E-state index contributed by atoms with van der Waals surface area (Å²) in [5.74, 6) is -0.723. The Morgan fingerprint density at radius 2 is 2.06 bits per heavy atom. The molecule has 32 heavy (non-hydrogen) atoms. The number of aromatic nitrogens is 3. The minimum absolute atomic E-state index is 0.0647. The largest absolute Gasteiger partial charge is 0.365 e. The predicted molar refractivity (Wildman–Crippen MR) is 126 cm³/mol. The predicted octanol–water partition coefficient (Wildman–Crippen LogP) is 2.34. The standard InChI is InChI=1S/C24H30N6O2/c1-5-18-9-21-22(28-23(18)31)8-17(10-26-21)14-29-12-16(3)30(13-15(29)2)19-6-7-20(27-11-19)24(32)25-4/h6-11,15-16H,5,12-14H2,1-4H3,(H,25,32)(H,28,31)/t15-,16+/m1/s1/i4D3. The molecule has 1 aliphatic rings. The Hall–Kier alpha value is -3.26. The molecule has 3 aromatic rings. The number of nitrogens with zero attached hydrogens (tertiary/aromatic N) is 4. The maximum absolute atomic E-state index is 12.2. The van der Waals surface area contributed by atoms with Gasteiger partial charge in [0.05, 0.1) is 22.9 Å². The second kappa shape index (κ2) is 9.08. The molecule has 4 rings (SSSR count). The van der Waals surface area contributed by atoms with Crippen LogP contribution < -0.4 is 15.8 Å². The molecule has 0 aromatic carbocycles. The number of fused-ring (bicyclic) bond motifs is 1. The fraction of sp³-hybridized carbons (Fsp3) is 0.417. The smallest absolute Gasteiger partial charge is 0.269 e. The highest BCUT2D eigenvalue weighted by Crippen LogP contribution is 2.24.